The number of hydrogen-bond acceptors (Lipinski definition) is 1. The summed E-state index contributed by atoms with van der Waals surface area (Å²) in [6.45, 7) is 4.82. The monoisotopic (exact) mass is 209 g/mol. The molecule has 2 unspecified atom stereocenters. The van der Waals surface area contributed by atoms with Gasteiger partial charge in [-0.25, -0.2) is 0 Å². The van der Waals surface area contributed by atoms with Gasteiger partial charge in [-0.1, -0.05) is 44.8 Å². The van der Waals surface area contributed by atoms with Crippen LogP contribution in [0, 0.1) is 11.8 Å². The van der Waals surface area contributed by atoms with Crippen molar-refractivity contribution in [2.75, 3.05) is 6.54 Å². The lowest BCUT2D eigenvalue weighted by molar-refractivity contribution is 0.228. The summed E-state index contributed by atoms with van der Waals surface area (Å²) in [5.74, 6) is 2.05. The van der Waals surface area contributed by atoms with Gasteiger partial charge in [-0.2, -0.15) is 0 Å². The van der Waals surface area contributed by atoms with Crippen molar-refractivity contribution < 1.29 is 0 Å². The Morgan fingerprint density at radius 2 is 1.80 bits per heavy atom. The third-order valence-electron chi connectivity index (χ3n) is 3.59. The number of hydrogen-bond donors (Lipinski definition) is 1. The molecule has 0 radical (unpaired) electrons. The summed E-state index contributed by atoms with van der Waals surface area (Å²) in [7, 11) is 0. The van der Waals surface area contributed by atoms with E-state index in [1.165, 1.54) is 38.5 Å². The molecule has 2 N–H and O–H groups in total. The Morgan fingerprint density at radius 3 is 2.33 bits per heavy atom. The molecule has 2 fully saturated rings. The van der Waals surface area contributed by atoms with E-state index < -0.39 is 0 Å². The average Bonchev–Trinajstić information content (AvgIpc) is 2.29. The molecule has 0 spiro atoms. The van der Waals surface area contributed by atoms with E-state index in [4.69, 9.17) is 5.73 Å². The van der Waals surface area contributed by atoms with Gasteiger partial charge >= 0.3 is 0 Å². The van der Waals surface area contributed by atoms with E-state index in [-0.39, 0.29) is 0 Å². The minimum atomic E-state index is 0.818. The Balaban J connectivity index is 0.000000531. The van der Waals surface area contributed by atoms with E-state index in [9.17, 15) is 0 Å². The molecular weight excluding hydrogens is 182 g/mol. The molecule has 2 bridgehead atoms. The Kier molecular flexibility index (Phi) is 6.00. The van der Waals surface area contributed by atoms with Crippen molar-refractivity contribution >= 4 is 0 Å². The van der Waals surface area contributed by atoms with Crippen LogP contribution in [-0.2, 0) is 0 Å². The van der Waals surface area contributed by atoms with Gasteiger partial charge in [0.05, 0.1) is 0 Å². The summed E-state index contributed by atoms with van der Waals surface area (Å²) in [6, 6.07) is 0. The predicted octanol–water partition coefficient (Wildman–Crippen LogP) is 3.89. The molecule has 15 heavy (non-hydrogen) atoms. The highest BCUT2D eigenvalue weighted by Gasteiger charge is 2.27. The van der Waals surface area contributed by atoms with Crippen LogP contribution >= 0.6 is 0 Å². The van der Waals surface area contributed by atoms with Crippen molar-refractivity contribution in [2.45, 2.75) is 58.8 Å². The Bertz CT molecular complexity index is 182. The van der Waals surface area contributed by atoms with Crippen molar-refractivity contribution in [3.05, 3.63) is 11.6 Å². The molecule has 0 aliphatic heterocycles. The summed E-state index contributed by atoms with van der Waals surface area (Å²) in [5, 5.41) is 0. The fourth-order valence-electron chi connectivity index (χ4n) is 3.05. The fraction of sp³-hybridized carbons (Fsp3) is 0.857. The topological polar surface area (TPSA) is 26.0 Å². The predicted molar refractivity (Wildman–Crippen MR) is 67.8 cm³/mol. The van der Waals surface area contributed by atoms with Crippen LogP contribution in [-0.4, -0.2) is 6.54 Å². The summed E-state index contributed by atoms with van der Waals surface area (Å²) in [5.41, 5.74) is 7.23. The second-order valence-corrected chi connectivity index (χ2v) is 4.75. The Hall–Kier alpha value is -0.300. The summed E-state index contributed by atoms with van der Waals surface area (Å²) >= 11 is 0. The standard InChI is InChI=1S/C12H21N.C2H6/c13-6-2-5-12-8-10-3-1-4-11(7-10)9-12;1-2/h5,10-11H,1-4,6-9,13H2;1-2H3. The Labute approximate surface area is 95.1 Å². The molecule has 2 aliphatic rings. The first-order valence-electron chi connectivity index (χ1n) is 6.76. The molecule has 2 aliphatic carbocycles. The molecule has 1 heteroatoms. The maximum atomic E-state index is 5.52. The molecule has 0 saturated heterocycles. The number of nitrogens with two attached hydrogens (primary N) is 1. The van der Waals surface area contributed by atoms with Crippen molar-refractivity contribution in [1.29, 1.82) is 0 Å². The van der Waals surface area contributed by atoms with Crippen LogP contribution in [0.25, 0.3) is 0 Å². The number of rotatable bonds is 2. The van der Waals surface area contributed by atoms with Gasteiger partial charge in [-0.3, -0.25) is 0 Å². The first kappa shape index (κ1) is 12.8. The molecule has 2 rings (SSSR count). The molecule has 0 amide bonds. The highest BCUT2D eigenvalue weighted by atomic mass is 14.5. The van der Waals surface area contributed by atoms with Crippen LogP contribution in [0.4, 0.5) is 0 Å². The molecule has 88 valence electrons. The second-order valence-electron chi connectivity index (χ2n) is 4.75. The molecule has 0 aromatic carbocycles. The average molecular weight is 209 g/mol. The maximum absolute atomic E-state index is 5.52. The smallest absolute Gasteiger partial charge is 0.00425 e. The van der Waals surface area contributed by atoms with Gasteiger partial charge in [0.15, 0.2) is 0 Å². The van der Waals surface area contributed by atoms with Gasteiger partial charge in [0.2, 0.25) is 0 Å². The molecule has 0 aromatic rings. The lowest BCUT2D eigenvalue weighted by Crippen LogP contribution is -2.22. The van der Waals surface area contributed by atoms with E-state index in [2.05, 4.69) is 6.08 Å². The van der Waals surface area contributed by atoms with Crippen LogP contribution in [0.5, 0.6) is 0 Å². The van der Waals surface area contributed by atoms with Gasteiger partial charge in [0, 0.05) is 0 Å². The van der Waals surface area contributed by atoms with Gasteiger partial charge in [0.25, 0.3) is 0 Å². The zero-order valence-corrected chi connectivity index (χ0v) is 10.5. The van der Waals surface area contributed by atoms with Crippen LogP contribution in [0.3, 0.4) is 0 Å². The molecule has 2 saturated carbocycles. The van der Waals surface area contributed by atoms with Crippen molar-refractivity contribution in [3.8, 4) is 0 Å². The van der Waals surface area contributed by atoms with E-state index in [0.717, 1.165) is 24.8 Å². The molecule has 2 atom stereocenters. The van der Waals surface area contributed by atoms with Crippen LogP contribution in [0.2, 0.25) is 0 Å². The second kappa shape index (κ2) is 7.05. The number of allylic oxidation sites excluding steroid dienone is 1. The van der Waals surface area contributed by atoms with Gasteiger partial charge in [-0.05, 0) is 44.1 Å². The van der Waals surface area contributed by atoms with Gasteiger partial charge in [-0.15, -0.1) is 0 Å². The maximum Gasteiger partial charge on any atom is -0.00425 e. The minimum absolute atomic E-state index is 0.818. The molecule has 0 aromatic heterocycles. The van der Waals surface area contributed by atoms with E-state index in [1.54, 1.807) is 5.57 Å². The van der Waals surface area contributed by atoms with Gasteiger partial charge in [0.1, 0.15) is 0 Å². The normalized spacial score (nSPS) is 29.1. The highest BCUT2D eigenvalue weighted by molar-refractivity contribution is 5.08. The summed E-state index contributed by atoms with van der Waals surface area (Å²) in [4.78, 5) is 0. The molecular formula is C14H27N. The van der Waals surface area contributed by atoms with E-state index in [1.807, 2.05) is 13.8 Å². The third-order valence-corrected chi connectivity index (χ3v) is 3.59. The Morgan fingerprint density at radius 1 is 1.20 bits per heavy atom. The number of fused-ring (bicyclic) bond motifs is 2. The van der Waals surface area contributed by atoms with E-state index in [0.29, 0.717) is 0 Å². The quantitative estimate of drug-likeness (QED) is 0.686. The lowest BCUT2D eigenvalue weighted by Gasteiger charge is -2.35. The van der Waals surface area contributed by atoms with Crippen molar-refractivity contribution in [3.63, 3.8) is 0 Å². The van der Waals surface area contributed by atoms with Crippen LogP contribution in [0.15, 0.2) is 11.6 Å². The van der Waals surface area contributed by atoms with Crippen molar-refractivity contribution in [1.82, 2.24) is 0 Å². The highest BCUT2D eigenvalue weighted by Crippen LogP contribution is 2.42. The molecule has 0 heterocycles. The van der Waals surface area contributed by atoms with Gasteiger partial charge < -0.3 is 5.73 Å². The lowest BCUT2D eigenvalue weighted by atomic mass is 9.70. The van der Waals surface area contributed by atoms with Crippen LogP contribution < -0.4 is 5.73 Å². The zero-order chi connectivity index (χ0) is 11.1. The third kappa shape index (κ3) is 3.98. The SMILES string of the molecule is CC.NCCC=C1CC2CCCC(C1)C2. The zero-order valence-electron chi connectivity index (χ0n) is 10.5. The van der Waals surface area contributed by atoms with E-state index >= 15 is 0 Å². The summed E-state index contributed by atoms with van der Waals surface area (Å²) < 4.78 is 0. The first-order valence-corrected chi connectivity index (χ1v) is 6.76. The van der Waals surface area contributed by atoms with Crippen molar-refractivity contribution in [2.24, 2.45) is 17.6 Å². The molecule has 1 nitrogen and oxygen atoms in total. The first-order chi connectivity index (χ1) is 7.38. The fourth-order valence-corrected chi connectivity index (χ4v) is 3.05. The summed E-state index contributed by atoms with van der Waals surface area (Å²) in [6.07, 6.45) is 12.2. The minimum Gasteiger partial charge on any atom is -0.330 e. The largest absolute Gasteiger partial charge is 0.330 e. The van der Waals surface area contributed by atoms with Crippen LogP contribution in [0.1, 0.15) is 58.8 Å².